The number of fused-ring (bicyclic) bond motifs is 1. The first-order valence-corrected chi connectivity index (χ1v) is 12.9. The summed E-state index contributed by atoms with van der Waals surface area (Å²) in [5.41, 5.74) is 0. The fourth-order valence-electron chi connectivity index (χ4n) is 6.91. The molecule has 0 aromatic rings. The molecule has 3 N–H and O–H groups in total. The molecule has 1 saturated carbocycles. The summed E-state index contributed by atoms with van der Waals surface area (Å²) in [7, 11) is 2.02. The van der Waals surface area contributed by atoms with Gasteiger partial charge in [-0.1, -0.05) is 13.8 Å². The van der Waals surface area contributed by atoms with E-state index in [1.807, 2.05) is 7.05 Å². The van der Waals surface area contributed by atoms with Crippen molar-refractivity contribution in [2.45, 2.75) is 96.3 Å². The van der Waals surface area contributed by atoms with Crippen molar-refractivity contribution in [3.8, 4) is 0 Å². The monoisotopic (exact) mass is 432 g/mol. The second kappa shape index (κ2) is 9.78. The number of hydrogen-bond acceptors (Lipinski definition) is 4. The van der Waals surface area contributed by atoms with Crippen molar-refractivity contribution in [1.29, 1.82) is 0 Å². The Morgan fingerprint density at radius 2 is 1.87 bits per heavy atom. The highest BCUT2D eigenvalue weighted by Crippen LogP contribution is 2.44. The average molecular weight is 433 g/mol. The van der Waals surface area contributed by atoms with Crippen LogP contribution >= 0.6 is 0 Å². The van der Waals surface area contributed by atoms with Crippen LogP contribution in [0.1, 0.15) is 72.1 Å². The smallest absolute Gasteiger partial charge is 0.225 e. The highest BCUT2D eigenvalue weighted by molar-refractivity contribution is 5.81. The zero-order chi connectivity index (χ0) is 22.1. The number of nitrogens with one attached hydrogen (secondary N) is 3. The molecule has 3 aliphatic heterocycles. The van der Waals surface area contributed by atoms with Gasteiger partial charge in [0.25, 0.3) is 0 Å². The first kappa shape index (κ1) is 23.0. The van der Waals surface area contributed by atoms with Crippen molar-refractivity contribution >= 4 is 11.8 Å². The molecule has 0 bridgehead atoms. The van der Waals surface area contributed by atoms with Crippen LogP contribution < -0.4 is 16.0 Å². The van der Waals surface area contributed by atoms with Crippen LogP contribution in [0.3, 0.4) is 0 Å². The number of likely N-dealkylation sites (tertiary alicyclic amines) is 1. The molecule has 4 aliphatic rings. The first-order chi connectivity index (χ1) is 14.9. The topological polar surface area (TPSA) is 73.5 Å². The zero-order valence-corrected chi connectivity index (χ0v) is 20.0. The Morgan fingerprint density at radius 1 is 1.06 bits per heavy atom. The Bertz CT molecular complexity index is 647. The SMILES string of the molecule is CCC1CCC(NC(=O)C2CCC(C)C(C3CC4CNC(C)CC4N(C)C3=O)C2)CN1. The number of carbonyl (C=O) groups is 2. The number of hydrogen-bond donors (Lipinski definition) is 3. The van der Waals surface area contributed by atoms with Crippen molar-refractivity contribution in [3.05, 3.63) is 0 Å². The van der Waals surface area contributed by atoms with Crippen LogP contribution in [-0.2, 0) is 9.59 Å². The lowest BCUT2D eigenvalue weighted by atomic mass is 9.64. The predicted octanol–water partition coefficient (Wildman–Crippen LogP) is 2.53. The van der Waals surface area contributed by atoms with E-state index in [4.69, 9.17) is 0 Å². The van der Waals surface area contributed by atoms with Gasteiger partial charge >= 0.3 is 0 Å². The molecule has 0 aromatic carbocycles. The van der Waals surface area contributed by atoms with Crippen LogP contribution in [0.15, 0.2) is 0 Å². The van der Waals surface area contributed by atoms with Gasteiger partial charge in [0.2, 0.25) is 11.8 Å². The van der Waals surface area contributed by atoms with E-state index in [-0.39, 0.29) is 23.8 Å². The van der Waals surface area contributed by atoms with Crippen molar-refractivity contribution in [2.75, 3.05) is 20.1 Å². The molecule has 0 aromatic heterocycles. The van der Waals surface area contributed by atoms with E-state index < -0.39 is 0 Å². The van der Waals surface area contributed by atoms with Gasteiger partial charge in [-0.25, -0.2) is 0 Å². The van der Waals surface area contributed by atoms with Crippen LogP contribution in [0.5, 0.6) is 0 Å². The third-order valence-corrected chi connectivity index (χ3v) is 9.09. The van der Waals surface area contributed by atoms with Gasteiger partial charge in [0, 0.05) is 56.1 Å². The standard InChI is InChI=1S/C25H44N4O2/c1-5-19-8-9-20(14-27-19)28-24(30)17-7-6-15(2)21(11-17)22-12-18-13-26-16(3)10-23(18)29(4)25(22)31/h15-23,26-27H,5-14H2,1-4H3,(H,28,30). The highest BCUT2D eigenvalue weighted by atomic mass is 16.2. The fraction of sp³-hybridized carbons (Fsp3) is 0.920. The summed E-state index contributed by atoms with van der Waals surface area (Å²) in [5.74, 6) is 2.08. The van der Waals surface area contributed by atoms with Gasteiger partial charge in [-0.15, -0.1) is 0 Å². The lowest BCUT2D eigenvalue weighted by Crippen LogP contribution is -2.60. The maximum absolute atomic E-state index is 13.4. The van der Waals surface area contributed by atoms with Gasteiger partial charge in [-0.3, -0.25) is 9.59 Å². The summed E-state index contributed by atoms with van der Waals surface area (Å²) < 4.78 is 0. The van der Waals surface area contributed by atoms with Crippen LogP contribution in [0.2, 0.25) is 0 Å². The molecule has 6 heteroatoms. The largest absolute Gasteiger partial charge is 0.352 e. The Balaban J connectivity index is 1.37. The van der Waals surface area contributed by atoms with Gasteiger partial charge in [0.05, 0.1) is 0 Å². The van der Waals surface area contributed by atoms with Crippen molar-refractivity contribution in [3.63, 3.8) is 0 Å². The Morgan fingerprint density at radius 3 is 2.58 bits per heavy atom. The average Bonchev–Trinajstić information content (AvgIpc) is 2.77. The number of piperidine rings is 3. The minimum absolute atomic E-state index is 0.0606. The molecule has 31 heavy (non-hydrogen) atoms. The Hall–Kier alpha value is -1.14. The zero-order valence-electron chi connectivity index (χ0n) is 20.0. The maximum Gasteiger partial charge on any atom is 0.225 e. The van der Waals surface area contributed by atoms with Crippen LogP contribution in [0.4, 0.5) is 0 Å². The summed E-state index contributed by atoms with van der Waals surface area (Å²) in [6.07, 6.45) is 8.30. The minimum atomic E-state index is 0.0606. The van der Waals surface area contributed by atoms with Gasteiger partial charge in [0.15, 0.2) is 0 Å². The fourth-order valence-corrected chi connectivity index (χ4v) is 6.91. The highest BCUT2D eigenvalue weighted by Gasteiger charge is 2.47. The molecule has 9 atom stereocenters. The summed E-state index contributed by atoms with van der Waals surface area (Å²) in [6.45, 7) is 8.64. The summed E-state index contributed by atoms with van der Waals surface area (Å²) in [5, 5.41) is 10.5. The third-order valence-electron chi connectivity index (χ3n) is 9.09. The molecule has 6 nitrogen and oxygen atoms in total. The molecule has 3 saturated heterocycles. The molecule has 176 valence electrons. The van der Waals surface area contributed by atoms with Crippen LogP contribution in [0.25, 0.3) is 0 Å². The number of carbonyl (C=O) groups excluding carboxylic acids is 2. The van der Waals surface area contributed by atoms with Gasteiger partial charge in [0.1, 0.15) is 0 Å². The number of amides is 2. The summed E-state index contributed by atoms with van der Waals surface area (Å²) in [4.78, 5) is 28.6. The van der Waals surface area contributed by atoms with Crippen LogP contribution in [-0.4, -0.2) is 61.0 Å². The predicted molar refractivity (Wildman–Crippen MR) is 123 cm³/mol. The lowest BCUT2D eigenvalue weighted by Gasteiger charge is -2.50. The van der Waals surface area contributed by atoms with E-state index >= 15 is 0 Å². The molecule has 0 spiro atoms. The maximum atomic E-state index is 13.4. The molecule has 4 fully saturated rings. The minimum Gasteiger partial charge on any atom is -0.352 e. The van der Waals surface area contributed by atoms with E-state index in [1.54, 1.807) is 0 Å². The molecule has 2 amide bonds. The summed E-state index contributed by atoms with van der Waals surface area (Å²) in [6, 6.07) is 1.72. The molecular formula is C25H44N4O2. The van der Waals surface area contributed by atoms with E-state index in [0.717, 1.165) is 64.5 Å². The van der Waals surface area contributed by atoms with E-state index in [9.17, 15) is 9.59 Å². The number of rotatable bonds is 4. The van der Waals surface area contributed by atoms with Gasteiger partial charge < -0.3 is 20.9 Å². The Kier molecular flexibility index (Phi) is 7.27. The van der Waals surface area contributed by atoms with E-state index in [0.29, 0.717) is 41.8 Å². The van der Waals surface area contributed by atoms with Crippen molar-refractivity contribution in [1.82, 2.24) is 20.9 Å². The quantitative estimate of drug-likeness (QED) is 0.638. The molecule has 1 aliphatic carbocycles. The van der Waals surface area contributed by atoms with Gasteiger partial charge in [-0.05, 0) is 76.0 Å². The first-order valence-electron chi connectivity index (χ1n) is 12.9. The summed E-state index contributed by atoms with van der Waals surface area (Å²) >= 11 is 0. The van der Waals surface area contributed by atoms with Crippen molar-refractivity contribution in [2.24, 2.45) is 29.6 Å². The molecule has 9 unspecified atom stereocenters. The second-order valence-electron chi connectivity index (χ2n) is 11.1. The second-order valence-corrected chi connectivity index (χ2v) is 11.1. The van der Waals surface area contributed by atoms with Crippen molar-refractivity contribution < 1.29 is 9.59 Å². The lowest BCUT2D eigenvalue weighted by molar-refractivity contribution is -0.149. The van der Waals surface area contributed by atoms with E-state index in [2.05, 4.69) is 41.6 Å². The molecule has 3 heterocycles. The van der Waals surface area contributed by atoms with Crippen LogP contribution in [0, 0.1) is 29.6 Å². The van der Waals surface area contributed by atoms with Gasteiger partial charge in [-0.2, -0.15) is 0 Å². The number of nitrogens with zero attached hydrogens (tertiary/aromatic N) is 1. The van der Waals surface area contributed by atoms with E-state index in [1.165, 1.54) is 0 Å². The molecule has 4 rings (SSSR count). The third kappa shape index (κ3) is 4.95. The molecule has 0 radical (unpaired) electrons. The Labute approximate surface area is 188 Å². The normalized spacial score (nSPS) is 43.9. The molecular weight excluding hydrogens is 388 g/mol.